The van der Waals surface area contributed by atoms with Crippen molar-refractivity contribution in [2.75, 3.05) is 18.4 Å². The standard InChI is InChI=1S/C20H24N2O4S2/c1-4-22(5-2)28(25,26)15-8-9-17(23)16(12-15)21-20(24)19-11-14-7-6-13(3)10-18(14)27-19/h6-10,12,19,23H,4-5,11H2,1-3H3,(H,21,24). The summed E-state index contributed by atoms with van der Waals surface area (Å²) in [7, 11) is -3.68. The van der Waals surface area contributed by atoms with Crippen molar-refractivity contribution < 1.29 is 18.3 Å². The summed E-state index contributed by atoms with van der Waals surface area (Å²) in [4.78, 5) is 13.9. The third kappa shape index (κ3) is 4.04. The highest BCUT2D eigenvalue weighted by atomic mass is 32.2. The van der Waals surface area contributed by atoms with Crippen molar-refractivity contribution >= 4 is 33.4 Å². The average molecular weight is 421 g/mol. The van der Waals surface area contributed by atoms with Crippen molar-refractivity contribution in [1.29, 1.82) is 0 Å². The van der Waals surface area contributed by atoms with Crippen LogP contribution in [0.3, 0.4) is 0 Å². The van der Waals surface area contributed by atoms with E-state index in [1.807, 2.05) is 19.1 Å². The number of phenols is 1. The van der Waals surface area contributed by atoms with Crippen molar-refractivity contribution in [3.63, 3.8) is 0 Å². The number of thioether (sulfide) groups is 1. The molecular formula is C20H24N2O4S2. The molecule has 0 fully saturated rings. The Morgan fingerprint density at radius 2 is 1.93 bits per heavy atom. The Morgan fingerprint density at radius 3 is 2.61 bits per heavy atom. The molecule has 1 heterocycles. The van der Waals surface area contributed by atoms with Gasteiger partial charge in [-0.15, -0.1) is 11.8 Å². The van der Waals surface area contributed by atoms with Crippen LogP contribution < -0.4 is 5.32 Å². The van der Waals surface area contributed by atoms with Crippen LogP contribution in [-0.4, -0.2) is 42.1 Å². The first-order valence-corrected chi connectivity index (χ1v) is 11.5. The zero-order valence-corrected chi connectivity index (χ0v) is 17.7. The molecule has 1 aliphatic rings. The predicted molar refractivity (Wildman–Crippen MR) is 111 cm³/mol. The molecule has 1 unspecified atom stereocenters. The maximum atomic E-state index is 12.7. The van der Waals surface area contributed by atoms with E-state index in [1.165, 1.54) is 34.3 Å². The Kier molecular flexibility index (Phi) is 6.02. The van der Waals surface area contributed by atoms with Crippen LogP contribution in [0.25, 0.3) is 0 Å². The Balaban J connectivity index is 1.80. The number of sulfonamides is 1. The zero-order valence-electron chi connectivity index (χ0n) is 16.1. The molecule has 1 amide bonds. The molecule has 2 aromatic rings. The van der Waals surface area contributed by atoms with Crippen LogP contribution in [0, 0.1) is 6.92 Å². The van der Waals surface area contributed by atoms with E-state index in [2.05, 4.69) is 11.4 Å². The number of rotatable bonds is 6. The van der Waals surface area contributed by atoms with E-state index < -0.39 is 10.0 Å². The first-order valence-electron chi connectivity index (χ1n) is 9.16. The Hall–Kier alpha value is -2.03. The molecule has 2 N–H and O–H groups in total. The number of carbonyl (C=O) groups excluding carboxylic acids is 1. The van der Waals surface area contributed by atoms with Gasteiger partial charge >= 0.3 is 0 Å². The molecule has 0 bridgehead atoms. The van der Waals surface area contributed by atoms with Gasteiger partial charge in [0.1, 0.15) is 5.75 Å². The second-order valence-electron chi connectivity index (χ2n) is 6.68. The van der Waals surface area contributed by atoms with E-state index in [1.54, 1.807) is 13.8 Å². The fraction of sp³-hybridized carbons (Fsp3) is 0.350. The molecule has 3 rings (SSSR count). The lowest BCUT2D eigenvalue weighted by atomic mass is 10.1. The third-order valence-corrected chi connectivity index (χ3v) is 8.10. The number of amides is 1. The van der Waals surface area contributed by atoms with E-state index in [-0.39, 0.29) is 27.5 Å². The number of benzene rings is 2. The van der Waals surface area contributed by atoms with Crippen LogP contribution >= 0.6 is 11.8 Å². The largest absolute Gasteiger partial charge is 0.506 e. The first-order chi connectivity index (χ1) is 13.3. The Morgan fingerprint density at radius 1 is 1.21 bits per heavy atom. The number of carbonyl (C=O) groups is 1. The van der Waals surface area contributed by atoms with Crippen LogP contribution in [0.4, 0.5) is 5.69 Å². The van der Waals surface area contributed by atoms with Gasteiger partial charge < -0.3 is 10.4 Å². The van der Waals surface area contributed by atoms with Crippen LogP contribution in [0.15, 0.2) is 46.2 Å². The molecule has 0 saturated carbocycles. The fourth-order valence-electron chi connectivity index (χ4n) is 3.18. The molecule has 0 saturated heterocycles. The summed E-state index contributed by atoms with van der Waals surface area (Å²) in [6.45, 7) is 6.23. The minimum atomic E-state index is -3.68. The molecule has 6 nitrogen and oxygen atoms in total. The van der Waals surface area contributed by atoms with Crippen molar-refractivity contribution in [1.82, 2.24) is 4.31 Å². The number of aromatic hydroxyl groups is 1. The van der Waals surface area contributed by atoms with Gasteiger partial charge in [0.15, 0.2) is 0 Å². The van der Waals surface area contributed by atoms with E-state index in [4.69, 9.17) is 0 Å². The summed E-state index contributed by atoms with van der Waals surface area (Å²) in [5, 5.41) is 12.5. The van der Waals surface area contributed by atoms with Gasteiger partial charge in [0, 0.05) is 18.0 Å². The smallest absolute Gasteiger partial charge is 0.243 e. The monoisotopic (exact) mass is 420 g/mol. The number of aryl methyl sites for hydroxylation is 1. The summed E-state index contributed by atoms with van der Waals surface area (Å²) in [5.41, 5.74) is 2.36. The highest BCUT2D eigenvalue weighted by Gasteiger charge is 2.29. The number of phenolic OH excluding ortho intramolecular Hbond substituents is 1. The maximum absolute atomic E-state index is 12.7. The lowest BCUT2D eigenvalue weighted by Gasteiger charge is -2.19. The number of hydrogen-bond acceptors (Lipinski definition) is 5. The van der Waals surface area contributed by atoms with Gasteiger partial charge in [-0.1, -0.05) is 31.5 Å². The number of nitrogens with zero attached hydrogens (tertiary/aromatic N) is 1. The van der Waals surface area contributed by atoms with Gasteiger partial charge in [0.2, 0.25) is 15.9 Å². The van der Waals surface area contributed by atoms with Crippen molar-refractivity contribution in [2.45, 2.75) is 42.2 Å². The minimum absolute atomic E-state index is 0.0438. The summed E-state index contributed by atoms with van der Waals surface area (Å²) in [6.07, 6.45) is 0.601. The highest BCUT2D eigenvalue weighted by molar-refractivity contribution is 8.01. The van der Waals surface area contributed by atoms with Crippen LogP contribution in [-0.2, 0) is 21.2 Å². The second-order valence-corrected chi connectivity index (χ2v) is 9.86. The van der Waals surface area contributed by atoms with Gasteiger partial charge in [-0.25, -0.2) is 8.42 Å². The van der Waals surface area contributed by atoms with Gasteiger partial charge in [0.25, 0.3) is 0 Å². The molecule has 28 heavy (non-hydrogen) atoms. The predicted octanol–water partition coefficient (Wildman–Crippen LogP) is 3.39. The van der Waals surface area contributed by atoms with Gasteiger partial charge in [0.05, 0.1) is 15.8 Å². The Bertz CT molecular complexity index is 1000. The maximum Gasteiger partial charge on any atom is 0.243 e. The summed E-state index contributed by atoms with van der Waals surface area (Å²) >= 11 is 1.49. The number of nitrogens with one attached hydrogen (secondary N) is 1. The van der Waals surface area contributed by atoms with Gasteiger partial charge in [-0.2, -0.15) is 4.31 Å². The second kappa shape index (κ2) is 8.14. The quantitative estimate of drug-likeness (QED) is 0.700. The van der Waals surface area contributed by atoms with Crippen LogP contribution in [0.5, 0.6) is 5.75 Å². The molecule has 150 valence electrons. The molecular weight excluding hydrogens is 396 g/mol. The van der Waals surface area contributed by atoms with Crippen molar-refractivity contribution in [3.05, 3.63) is 47.5 Å². The molecule has 2 aromatic carbocycles. The van der Waals surface area contributed by atoms with E-state index in [0.717, 1.165) is 16.0 Å². The molecule has 0 radical (unpaired) electrons. The van der Waals surface area contributed by atoms with Gasteiger partial charge in [-0.3, -0.25) is 4.79 Å². The highest BCUT2D eigenvalue weighted by Crippen LogP contribution is 2.38. The van der Waals surface area contributed by atoms with E-state index >= 15 is 0 Å². The van der Waals surface area contributed by atoms with Crippen molar-refractivity contribution in [2.24, 2.45) is 0 Å². The van der Waals surface area contributed by atoms with Gasteiger partial charge in [-0.05, 0) is 43.2 Å². The molecule has 1 atom stereocenters. The SMILES string of the molecule is CCN(CC)S(=O)(=O)c1ccc(O)c(NC(=O)C2Cc3ccc(C)cc3S2)c1. The summed E-state index contributed by atoms with van der Waals surface area (Å²) < 4.78 is 26.7. The summed E-state index contributed by atoms with van der Waals surface area (Å²) in [6, 6.07) is 10.1. The van der Waals surface area contributed by atoms with E-state index in [0.29, 0.717) is 19.5 Å². The number of fused-ring (bicyclic) bond motifs is 1. The average Bonchev–Trinajstić information content (AvgIpc) is 3.07. The molecule has 0 aromatic heterocycles. The van der Waals surface area contributed by atoms with Crippen LogP contribution in [0.1, 0.15) is 25.0 Å². The molecule has 1 aliphatic heterocycles. The van der Waals surface area contributed by atoms with E-state index in [9.17, 15) is 18.3 Å². The summed E-state index contributed by atoms with van der Waals surface area (Å²) in [5.74, 6) is -0.422. The van der Waals surface area contributed by atoms with Crippen molar-refractivity contribution in [3.8, 4) is 5.75 Å². The molecule has 0 aliphatic carbocycles. The van der Waals surface area contributed by atoms with Crippen LogP contribution in [0.2, 0.25) is 0 Å². The Labute approximate surface area is 170 Å². The number of anilines is 1. The lowest BCUT2D eigenvalue weighted by molar-refractivity contribution is -0.115. The molecule has 0 spiro atoms. The first kappa shape index (κ1) is 20.7. The fourth-order valence-corrected chi connectivity index (χ4v) is 5.96. The zero-order chi connectivity index (χ0) is 20.5. The number of hydrogen-bond donors (Lipinski definition) is 2. The third-order valence-electron chi connectivity index (χ3n) is 4.76. The molecule has 8 heteroatoms. The minimum Gasteiger partial charge on any atom is -0.506 e. The topological polar surface area (TPSA) is 86.7 Å². The normalized spacial score (nSPS) is 16.2. The lowest BCUT2D eigenvalue weighted by Crippen LogP contribution is -2.30.